The number of ketones is 1. The van der Waals surface area contributed by atoms with Gasteiger partial charge in [-0.15, -0.1) is 0 Å². The first-order valence-corrected chi connectivity index (χ1v) is 5.40. The minimum absolute atomic E-state index is 0.0687. The SMILES string of the molecule is O=C(c1cc[nH]c1)C1COc2ccccc2O1. The van der Waals surface area contributed by atoms with E-state index in [-0.39, 0.29) is 12.4 Å². The third kappa shape index (κ3) is 1.78. The van der Waals surface area contributed by atoms with Crippen LogP contribution in [0.5, 0.6) is 11.5 Å². The first-order valence-electron chi connectivity index (χ1n) is 5.40. The molecule has 86 valence electrons. The normalized spacial score (nSPS) is 17.8. The maximum absolute atomic E-state index is 12.0. The Morgan fingerprint density at radius 3 is 2.82 bits per heavy atom. The Kier molecular flexibility index (Phi) is 2.33. The van der Waals surface area contributed by atoms with Crippen molar-refractivity contribution in [3.05, 3.63) is 48.3 Å². The second-order valence-corrected chi connectivity index (χ2v) is 3.83. The molecule has 3 rings (SSSR count). The van der Waals surface area contributed by atoms with E-state index in [0.29, 0.717) is 17.1 Å². The number of carbonyl (C=O) groups is 1. The molecule has 1 aliphatic rings. The van der Waals surface area contributed by atoms with Gasteiger partial charge in [-0.1, -0.05) is 12.1 Å². The Labute approximate surface area is 98.2 Å². The van der Waals surface area contributed by atoms with E-state index in [1.807, 2.05) is 18.2 Å². The Bertz CT molecular complexity index is 533. The van der Waals surface area contributed by atoms with Crippen LogP contribution in [0.15, 0.2) is 42.7 Å². The summed E-state index contributed by atoms with van der Waals surface area (Å²) in [6.45, 7) is 0.251. The second-order valence-electron chi connectivity index (χ2n) is 3.83. The number of carbonyl (C=O) groups excluding carboxylic acids is 1. The summed E-state index contributed by atoms with van der Waals surface area (Å²) in [6, 6.07) is 9.08. The van der Waals surface area contributed by atoms with Crippen molar-refractivity contribution in [1.82, 2.24) is 4.98 Å². The fraction of sp³-hybridized carbons (Fsp3) is 0.154. The van der Waals surface area contributed by atoms with Crippen LogP contribution in [0.3, 0.4) is 0 Å². The molecular weight excluding hydrogens is 218 g/mol. The predicted molar refractivity (Wildman–Crippen MR) is 61.5 cm³/mol. The lowest BCUT2D eigenvalue weighted by atomic mass is 10.1. The molecule has 4 nitrogen and oxygen atoms in total. The number of aromatic amines is 1. The van der Waals surface area contributed by atoms with Crippen molar-refractivity contribution in [2.75, 3.05) is 6.61 Å². The highest BCUT2D eigenvalue weighted by Gasteiger charge is 2.28. The minimum atomic E-state index is -0.569. The topological polar surface area (TPSA) is 51.3 Å². The zero-order valence-corrected chi connectivity index (χ0v) is 9.05. The van der Waals surface area contributed by atoms with Crippen LogP contribution in [-0.4, -0.2) is 23.5 Å². The van der Waals surface area contributed by atoms with Crippen molar-refractivity contribution < 1.29 is 14.3 Å². The van der Waals surface area contributed by atoms with E-state index >= 15 is 0 Å². The van der Waals surface area contributed by atoms with Crippen molar-refractivity contribution in [2.24, 2.45) is 0 Å². The number of H-pyrrole nitrogens is 1. The molecule has 4 heteroatoms. The lowest BCUT2D eigenvalue weighted by Crippen LogP contribution is -2.36. The highest BCUT2D eigenvalue weighted by molar-refractivity contribution is 5.99. The number of Topliss-reactive ketones (excluding diaryl/α,β-unsaturated/α-hetero) is 1. The lowest BCUT2D eigenvalue weighted by molar-refractivity contribution is 0.0586. The van der Waals surface area contributed by atoms with Gasteiger partial charge >= 0.3 is 0 Å². The lowest BCUT2D eigenvalue weighted by Gasteiger charge is -2.25. The number of rotatable bonds is 2. The summed E-state index contributed by atoms with van der Waals surface area (Å²) in [5.74, 6) is 1.24. The number of aromatic nitrogens is 1. The first-order chi connectivity index (χ1) is 8.34. The molecule has 0 bridgehead atoms. The van der Waals surface area contributed by atoms with E-state index in [0.717, 1.165) is 0 Å². The van der Waals surface area contributed by atoms with Crippen molar-refractivity contribution >= 4 is 5.78 Å². The van der Waals surface area contributed by atoms with Crippen LogP contribution in [0.25, 0.3) is 0 Å². The molecule has 1 atom stereocenters. The maximum Gasteiger partial charge on any atom is 0.208 e. The molecule has 0 amide bonds. The van der Waals surface area contributed by atoms with Crippen molar-refractivity contribution in [1.29, 1.82) is 0 Å². The van der Waals surface area contributed by atoms with Crippen molar-refractivity contribution in [3.63, 3.8) is 0 Å². The molecule has 0 radical (unpaired) electrons. The molecule has 0 saturated carbocycles. The highest BCUT2D eigenvalue weighted by Crippen LogP contribution is 2.31. The third-order valence-corrected chi connectivity index (χ3v) is 2.68. The summed E-state index contributed by atoms with van der Waals surface area (Å²) < 4.78 is 11.1. The van der Waals surface area contributed by atoms with Gasteiger partial charge < -0.3 is 14.5 Å². The van der Waals surface area contributed by atoms with E-state index in [2.05, 4.69) is 4.98 Å². The molecule has 0 fully saturated rings. The Morgan fingerprint density at radius 1 is 1.24 bits per heavy atom. The number of hydrogen-bond donors (Lipinski definition) is 1. The fourth-order valence-electron chi connectivity index (χ4n) is 1.81. The predicted octanol–water partition coefficient (Wildman–Crippen LogP) is 2.04. The van der Waals surface area contributed by atoms with Crippen LogP contribution in [0.1, 0.15) is 10.4 Å². The zero-order valence-electron chi connectivity index (χ0n) is 9.05. The quantitative estimate of drug-likeness (QED) is 0.802. The van der Waals surface area contributed by atoms with E-state index in [1.165, 1.54) is 0 Å². The minimum Gasteiger partial charge on any atom is -0.485 e. The van der Waals surface area contributed by atoms with Crippen molar-refractivity contribution in [3.8, 4) is 11.5 Å². The molecule has 1 unspecified atom stereocenters. The van der Waals surface area contributed by atoms with Crippen LogP contribution >= 0.6 is 0 Å². The summed E-state index contributed by atoms with van der Waals surface area (Å²) in [7, 11) is 0. The Hall–Kier alpha value is -2.23. The van der Waals surface area contributed by atoms with Gasteiger partial charge in [-0.05, 0) is 18.2 Å². The summed E-state index contributed by atoms with van der Waals surface area (Å²) in [5, 5.41) is 0. The van der Waals surface area contributed by atoms with Crippen LogP contribution in [0.2, 0.25) is 0 Å². The van der Waals surface area contributed by atoms with Gasteiger partial charge in [-0.2, -0.15) is 0 Å². The number of para-hydroxylation sites is 2. The third-order valence-electron chi connectivity index (χ3n) is 2.68. The first kappa shape index (κ1) is 9.96. The molecule has 1 aliphatic heterocycles. The smallest absolute Gasteiger partial charge is 0.208 e. The van der Waals surface area contributed by atoms with Crippen molar-refractivity contribution in [2.45, 2.75) is 6.10 Å². The van der Waals surface area contributed by atoms with Gasteiger partial charge in [0.05, 0.1) is 0 Å². The second kappa shape index (κ2) is 3.97. The van der Waals surface area contributed by atoms with Gasteiger partial charge in [0, 0.05) is 18.0 Å². The molecule has 1 aromatic carbocycles. The molecular formula is C13H11NO3. The van der Waals surface area contributed by atoms with Gasteiger partial charge in [0.2, 0.25) is 5.78 Å². The average molecular weight is 229 g/mol. The monoisotopic (exact) mass is 229 g/mol. The molecule has 2 aromatic rings. The largest absolute Gasteiger partial charge is 0.485 e. The van der Waals surface area contributed by atoms with Gasteiger partial charge in [-0.25, -0.2) is 0 Å². The fourth-order valence-corrected chi connectivity index (χ4v) is 1.81. The van der Waals surface area contributed by atoms with Crippen LogP contribution in [0, 0.1) is 0 Å². The van der Waals surface area contributed by atoms with Crippen LogP contribution < -0.4 is 9.47 Å². The zero-order chi connectivity index (χ0) is 11.7. The van der Waals surface area contributed by atoms with Gasteiger partial charge in [-0.3, -0.25) is 4.79 Å². The molecule has 0 spiro atoms. The molecule has 2 heterocycles. The highest BCUT2D eigenvalue weighted by atomic mass is 16.6. The average Bonchev–Trinajstić information content (AvgIpc) is 2.91. The number of ether oxygens (including phenoxy) is 2. The Balaban J connectivity index is 1.83. The standard InChI is InChI=1S/C13H11NO3/c15-13(9-5-6-14-7-9)12-8-16-10-3-1-2-4-11(10)17-12/h1-7,12,14H,8H2. The molecule has 1 aromatic heterocycles. The summed E-state index contributed by atoms with van der Waals surface area (Å²) in [6.07, 6.45) is 2.80. The number of nitrogens with one attached hydrogen (secondary N) is 1. The number of hydrogen-bond acceptors (Lipinski definition) is 3. The summed E-state index contributed by atoms with van der Waals surface area (Å²) in [5.41, 5.74) is 0.609. The molecule has 17 heavy (non-hydrogen) atoms. The molecule has 1 N–H and O–H groups in total. The number of fused-ring (bicyclic) bond motifs is 1. The van der Waals surface area contributed by atoms with Gasteiger partial charge in [0.25, 0.3) is 0 Å². The van der Waals surface area contributed by atoms with Crippen LogP contribution in [0.4, 0.5) is 0 Å². The van der Waals surface area contributed by atoms with E-state index in [1.54, 1.807) is 24.5 Å². The van der Waals surface area contributed by atoms with E-state index in [4.69, 9.17) is 9.47 Å². The Morgan fingerprint density at radius 2 is 2.06 bits per heavy atom. The van der Waals surface area contributed by atoms with Gasteiger partial charge in [0.1, 0.15) is 6.61 Å². The van der Waals surface area contributed by atoms with Gasteiger partial charge in [0.15, 0.2) is 17.6 Å². The van der Waals surface area contributed by atoms with E-state index < -0.39 is 6.10 Å². The summed E-state index contributed by atoms with van der Waals surface area (Å²) >= 11 is 0. The maximum atomic E-state index is 12.0. The summed E-state index contributed by atoms with van der Waals surface area (Å²) in [4.78, 5) is 14.9. The van der Waals surface area contributed by atoms with Crippen LogP contribution in [-0.2, 0) is 0 Å². The van der Waals surface area contributed by atoms with E-state index in [9.17, 15) is 4.79 Å². The number of benzene rings is 1. The molecule has 0 saturated heterocycles. The molecule has 0 aliphatic carbocycles.